The van der Waals surface area contributed by atoms with E-state index in [1.165, 1.54) is 6.92 Å². The molecule has 1 atom stereocenters. The van der Waals surface area contributed by atoms with Gasteiger partial charge in [-0.15, -0.1) is 0 Å². The SMILES string of the molecule is CCOC(C)CNC(=O)c1n[nH]c(C)c1S(N)(=O)=O. The van der Waals surface area contributed by atoms with Crippen molar-refractivity contribution in [3.05, 3.63) is 11.4 Å². The first-order chi connectivity index (χ1) is 8.77. The Morgan fingerprint density at radius 3 is 2.74 bits per heavy atom. The van der Waals surface area contributed by atoms with Gasteiger partial charge < -0.3 is 10.1 Å². The van der Waals surface area contributed by atoms with Crippen LogP contribution in [0.4, 0.5) is 0 Å². The number of carbonyl (C=O) groups excluding carboxylic acids is 1. The lowest BCUT2D eigenvalue weighted by atomic mass is 10.3. The third-order valence-corrected chi connectivity index (χ3v) is 3.46. The number of hydrogen-bond acceptors (Lipinski definition) is 5. The summed E-state index contributed by atoms with van der Waals surface area (Å²) in [6.45, 7) is 5.89. The second-order valence-electron chi connectivity index (χ2n) is 4.05. The van der Waals surface area contributed by atoms with Crippen LogP contribution in [0.5, 0.6) is 0 Å². The van der Waals surface area contributed by atoms with Gasteiger partial charge >= 0.3 is 0 Å². The van der Waals surface area contributed by atoms with E-state index in [4.69, 9.17) is 9.88 Å². The first-order valence-electron chi connectivity index (χ1n) is 5.75. The molecule has 1 rings (SSSR count). The fourth-order valence-corrected chi connectivity index (χ4v) is 2.46. The summed E-state index contributed by atoms with van der Waals surface area (Å²) < 4.78 is 28.0. The standard InChI is InChI=1S/C10H18N4O4S/c1-4-18-6(2)5-12-10(15)8-9(19(11,16)17)7(3)13-14-8/h6H,4-5H2,1-3H3,(H,12,15)(H,13,14)(H2,11,16,17). The van der Waals surface area contributed by atoms with E-state index in [0.717, 1.165) is 0 Å². The number of aryl methyl sites for hydroxylation is 1. The van der Waals surface area contributed by atoms with Crippen LogP contribution in [0.3, 0.4) is 0 Å². The molecule has 1 amide bonds. The molecule has 9 heteroatoms. The summed E-state index contributed by atoms with van der Waals surface area (Å²) in [6.07, 6.45) is -0.174. The molecule has 0 aliphatic heterocycles. The van der Waals surface area contributed by atoms with Gasteiger partial charge in [-0.25, -0.2) is 13.6 Å². The molecule has 1 aromatic heterocycles. The molecule has 1 heterocycles. The minimum Gasteiger partial charge on any atom is -0.377 e. The largest absolute Gasteiger partial charge is 0.377 e. The number of aromatic amines is 1. The molecule has 0 aromatic carbocycles. The van der Waals surface area contributed by atoms with E-state index < -0.39 is 15.9 Å². The molecule has 1 unspecified atom stereocenters. The number of rotatable bonds is 6. The third-order valence-electron chi connectivity index (χ3n) is 2.39. The predicted octanol–water partition coefficient (Wildman–Crippen LogP) is -0.480. The number of primary sulfonamides is 1. The van der Waals surface area contributed by atoms with Crippen molar-refractivity contribution in [1.29, 1.82) is 0 Å². The lowest BCUT2D eigenvalue weighted by Gasteiger charge is -2.12. The van der Waals surface area contributed by atoms with E-state index >= 15 is 0 Å². The molecule has 19 heavy (non-hydrogen) atoms. The molecule has 0 bridgehead atoms. The number of sulfonamides is 1. The smallest absolute Gasteiger partial charge is 0.273 e. The Kier molecular flexibility index (Phi) is 5.04. The maximum atomic E-state index is 11.9. The zero-order chi connectivity index (χ0) is 14.6. The first kappa shape index (κ1) is 15.6. The normalized spacial score (nSPS) is 13.3. The molecular weight excluding hydrogens is 272 g/mol. The predicted molar refractivity (Wildman–Crippen MR) is 68.1 cm³/mol. The molecule has 0 radical (unpaired) electrons. The summed E-state index contributed by atoms with van der Waals surface area (Å²) in [4.78, 5) is 11.6. The molecule has 108 valence electrons. The van der Waals surface area contributed by atoms with Gasteiger partial charge in [0.15, 0.2) is 5.69 Å². The molecular formula is C10H18N4O4S. The maximum Gasteiger partial charge on any atom is 0.273 e. The van der Waals surface area contributed by atoms with Crippen LogP contribution < -0.4 is 10.5 Å². The molecule has 0 aliphatic carbocycles. The number of carbonyl (C=O) groups is 1. The van der Waals surface area contributed by atoms with E-state index in [9.17, 15) is 13.2 Å². The van der Waals surface area contributed by atoms with Crippen LogP contribution in [0.1, 0.15) is 30.0 Å². The second-order valence-corrected chi connectivity index (χ2v) is 5.55. The van der Waals surface area contributed by atoms with Crippen LogP contribution in [0.25, 0.3) is 0 Å². The number of hydrogen-bond donors (Lipinski definition) is 3. The number of H-pyrrole nitrogens is 1. The van der Waals surface area contributed by atoms with Crippen LogP contribution in [0.2, 0.25) is 0 Å². The second kappa shape index (κ2) is 6.13. The molecule has 0 saturated heterocycles. The number of ether oxygens (including phenoxy) is 1. The lowest BCUT2D eigenvalue weighted by molar-refractivity contribution is 0.0692. The van der Waals surface area contributed by atoms with Crippen molar-refractivity contribution in [3.63, 3.8) is 0 Å². The van der Waals surface area contributed by atoms with Crippen molar-refractivity contribution in [2.24, 2.45) is 5.14 Å². The van der Waals surface area contributed by atoms with Crippen LogP contribution >= 0.6 is 0 Å². The number of nitrogens with two attached hydrogens (primary N) is 1. The van der Waals surface area contributed by atoms with Gasteiger partial charge in [0.1, 0.15) is 4.90 Å². The topological polar surface area (TPSA) is 127 Å². The molecule has 1 aromatic rings. The minimum atomic E-state index is -4.00. The van der Waals surface area contributed by atoms with E-state index in [2.05, 4.69) is 15.5 Å². The first-order valence-corrected chi connectivity index (χ1v) is 7.29. The number of nitrogens with one attached hydrogen (secondary N) is 2. The van der Waals surface area contributed by atoms with Crippen molar-refractivity contribution in [1.82, 2.24) is 15.5 Å². The molecule has 0 aliphatic rings. The zero-order valence-electron chi connectivity index (χ0n) is 11.1. The van der Waals surface area contributed by atoms with Gasteiger partial charge in [-0.2, -0.15) is 5.10 Å². The van der Waals surface area contributed by atoms with Crippen LogP contribution in [-0.4, -0.2) is 43.8 Å². The van der Waals surface area contributed by atoms with Crippen molar-refractivity contribution >= 4 is 15.9 Å². The summed E-state index contributed by atoms with van der Waals surface area (Å²) in [5.74, 6) is -0.611. The Morgan fingerprint density at radius 2 is 2.21 bits per heavy atom. The summed E-state index contributed by atoms with van der Waals surface area (Å²) in [5.41, 5.74) is -0.00537. The average molecular weight is 290 g/mol. The van der Waals surface area contributed by atoms with Gasteiger partial charge in [0, 0.05) is 13.2 Å². The van der Waals surface area contributed by atoms with Gasteiger partial charge in [0.25, 0.3) is 5.91 Å². The molecule has 8 nitrogen and oxygen atoms in total. The van der Waals surface area contributed by atoms with Gasteiger partial charge in [-0.1, -0.05) is 0 Å². The average Bonchev–Trinajstić information content (AvgIpc) is 2.68. The molecule has 4 N–H and O–H groups in total. The van der Waals surface area contributed by atoms with Crippen LogP contribution in [0, 0.1) is 6.92 Å². The number of aromatic nitrogens is 2. The highest BCUT2D eigenvalue weighted by molar-refractivity contribution is 7.89. The minimum absolute atomic E-state index is 0.174. The number of amides is 1. The quantitative estimate of drug-likeness (QED) is 0.652. The summed E-state index contributed by atoms with van der Waals surface area (Å²) >= 11 is 0. The van der Waals surface area contributed by atoms with Crippen LogP contribution in [0.15, 0.2) is 4.90 Å². The van der Waals surface area contributed by atoms with E-state index in [-0.39, 0.29) is 28.9 Å². The lowest BCUT2D eigenvalue weighted by Crippen LogP contribution is -2.33. The van der Waals surface area contributed by atoms with Crippen molar-refractivity contribution in [2.45, 2.75) is 31.8 Å². The van der Waals surface area contributed by atoms with Crippen LogP contribution in [-0.2, 0) is 14.8 Å². The highest BCUT2D eigenvalue weighted by Gasteiger charge is 2.25. The van der Waals surface area contributed by atoms with E-state index in [0.29, 0.717) is 6.61 Å². The van der Waals surface area contributed by atoms with Crippen molar-refractivity contribution < 1.29 is 17.9 Å². The molecule has 0 saturated carbocycles. The van der Waals surface area contributed by atoms with Crippen molar-refractivity contribution in [3.8, 4) is 0 Å². The highest BCUT2D eigenvalue weighted by Crippen LogP contribution is 2.15. The monoisotopic (exact) mass is 290 g/mol. The van der Waals surface area contributed by atoms with Gasteiger partial charge in [0.2, 0.25) is 10.0 Å². The number of nitrogens with zero attached hydrogens (tertiary/aromatic N) is 1. The molecule has 0 fully saturated rings. The summed E-state index contributed by atoms with van der Waals surface area (Å²) in [7, 11) is -4.00. The van der Waals surface area contributed by atoms with Gasteiger partial charge in [-0.05, 0) is 20.8 Å². The Bertz CT molecular complexity index is 552. The van der Waals surface area contributed by atoms with Gasteiger partial charge in [0.05, 0.1) is 11.8 Å². The van der Waals surface area contributed by atoms with E-state index in [1.54, 1.807) is 6.92 Å². The van der Waals surface area contributed by atoms with Crippen molar-refractivity contribution in [2.75, 3.05) is 13.2 Å². The van der Waals surface area contributed by atoms with Gasteiger partial charge in [-0.3, -0.25) is 9.89 Å². The highest BCUT2D eigenvalue weighted by atomic mass is 32.2. The fourth-order valence-electron chi connectivity index (χ4n) is 1.58. The Morgan fingerprint density at radius 1 is 1.58 bits per heavy atom. The summed E-state index contributed by atoms with van der Waals surface area (Å²) in [6, 6.07) is 0. The van der Waals surface area contributed by atoms with E-state index in [1.807, 2.05) is 6.92 Å². The Hall–Kier alpha value is -1.45. The maximum absolute atomic E-state index is 11.9. The zero-order valence-corrected chi connectivity index (χ0v) is 11.9. The Balaban J connectivity index is 2.84. The fraction of sp³-hybridized carbons (Fsp3) is 0.600. The third kappa shape index (κ3) is 4.01. The molecule has 0 spiro atoms. The summed E-state index contributed by atoms with van der Waals surface area (Å²) in [5, 5.41) is 13.7. The Labute approximate surface area is 111 Å².